The minimum atomic E-state index is -0.953. The Morgan fingerprint density at radius 3 is 2.67 bits per heavy atom. The molecule has 0 bridgehead atoms. The van der Waals surface area contributed by atoms with Gasteiger partial charge in [0.2, 0.25) is 0 Å². The highest BCUT2D eigenvalue weighted by atomic mass is 19.1. The summed E-state index contributed by atoms with van der Waals surface area (Å²) in [5, 5.41) is 9.62. The van der Waals surface area contributed by atoms with Gasteiger partial charge in [-0.1, -0.05) is 0 Å². The van der Waals surface area contributed by atoms with Crippen LogP contribution in [0.1, 0.15) is 28.8 Å². The number of hydrogen-bond acceptors (Lipinski definition) is 2. The van der Waals surface area contributed by atoms with Crippen molar-refractivity contribution < 1.29 is 14.3 Å². The van der Waals surface area contributed by atoms with E-state index in [1.165, 1.54) is 12.1 Å². The van der Waals surface area contributed by atoms with Crippen LogP contribution in [0.3, 0.4) is 0 Å². The summed E-state index contributed by atoms with van der Waals surface area (Å²) in [5.74, 6) is -0.706. The molecule has 0 heterocycles. The van der Waals surface area contributed by atoms with E-state index in [0.717, 1.165) is 12.8 Å². The maximum absolute atomic E-state index is 13.0. The predicted octanol–water partition coefficient (Wildman–Crippen LogP) is 2.09. The molecule has 2 nitrogen and oxygen atoms in total. The van der Waals surface area contributed by atoms with Crippen LogP contribution in [0.4, 0.5) is 4.39 Å². The molecule has 0 saturated heterocycles. The number of carbonyl (C=O) groups is 1. The Morgan fingerprint density at radius 1 is 1.47 bits per heavy atom. The predicted molar refractivity (Wildman–Crippen MR) is 54.2 cm³/mol. The normalized spacial score (nSPS) is 17.5. The highest BCUT2D eigenvalue weighted by molar-refractivity contribution is 5.99. The van der Waals surface area contributed by atoms with Crippen molar-refractivity contribution in [2.75, 3.05) is 0 Å². The third-order valence-corrected chi connectivity index (χ3v) is 2.66. The number of Topliss-reactive ketones (excluding diaryl/α,β-unsaturated/α-hetero) is 1. The van der Waals surface area contributed by atoms with Crippen LogP contribution in [-0.4, -0.2) is 17.0 Å². The number of benzene rings is 1. The maximum atomic E-state index is 13.0. The lowest BCUT2D eigenvalue weighted by Gasteiger charge is -2.08. The van der Waals surface area contributed by atoms with Crippen LogP contribution < -0.4 is 0 Å². The van der Waals surface area contributed by atoms with Crippen LogP contribution in [0.5, 0.6) is 0 Å². The summed E-state index contributed by atoms with van der Waals surface area (Å²) in [4.78, 5) is 11.7. The smallest absolute Gasteiger partial charge is 0.191 e. The number of rotatable bonds is 3. The first kappa shape index (κ1) is 10.3. The van der Waals surface area contributed by atoms with Crippen LogP contribution in [-0.2, 0) is 0 Å². The van der Waals surface area contributed by atoms with Crippen LogP contribution in [0.2, 0.25) is 0 Å². The molecular formula is C12H13FO2. The minimum absolute atomic E-state index is 0.0843. The molecule has 0 radical (unpaired) electrons. The van der Waals surface area contributed by atoms with Crippen LogP contribution >= 0.6 is 0 Å². The van der Waals surface area contributed by atoms with E-state index in [1.807, 2.05) is 0 Å². The first-order valence-electron chi connectivity index (χ1n) is 5.07. The van der Waals surface area contributed by atoms with Crippen molar-refractivity contribution in [1.29, 1.82) is 0 Å². The molecule has 0 aromatic heterocycles. The first-order valence-corrected chi connectivity index (χ1v) is 5.07. The molecule has 15 heavy (non-hydrogen) atoms. The largest absolute Gasteiger partial charge is 0.385 e. The van der Waals surface area contributed by atoms with Gasteiger partial charge >= 0.3 is 0 Å². The van der Waals surface area contributed by atoms with Gasteiger partial charge in [0.1, 0.15) is 11.9 Å². The number of hydrogen-bond donors (Lipinski definition) is 1. The van der Waals surface area contributed by atoms with Gasteiger partial charge in [0.05, 0.1) is 0 Å². The Balaban J connectivity index is 2.24. The zero-order valence-corrected chi connectivity index (χ0v) is 8.53. The average molecular weight is 208 g/mol. The van der Waals surface area contributed by atoms with Crippen molar-refractivity contribution in [2.24, 2.45) is 5.92 Å². The Kier molecular flexibility index (Phi) is 2.57. The molecule has 2 rings (SSSR count). The van der Waals surface area contributed by atoms with E-state index in [9.17, 15) is 14.3 Å². The van der Waals surface area contributed by atoms with Crippen LogP contribution in [0, 0.1) is 18.7 Å². The van der Waals surface area contributed by atoms with Gasteiger partial charge in [-0.15, -0.1) is 0 Å². The lowest BCUT2D eigenvalue weighted by molar-refractivity contribution is 0.0703. The van der Waals surface area contributed by atoms with Gasteiger partial charge in [-0.05, 0) is 49.4 Å². The summed E-state index contributed by atoms with van der Waals surface area (Å²) in [6, 6.07) is 4.15. The van der Waals surface area contributed by atoms with Crippen molar-refractivity contribution in [2.45, 2.75) is 25.9 Å². The van der Waals surface area contributed by atoms with Crippen molar-refractivity contribution in [3.8, 4) is 0 Å². The van der Waals surface area contributed by atoms with Crippen molar-refractivity contribution in [3.05, 3.63) is 35.1 Å². The molecule has 0 spiro atoms. The molecule has 1 aliphatic rings. The number of carbonyl (C=O) groups excluding carboxylic acids is 1. The number of halogens is 1. The van der Waals surface area contributed by atoms with Crippen molar-refractivity contribution in [3.63, 3.8) is 0 Å². The highest BCUT2D eigenvalue weighted by Gasteiger charge is 2.35. The third kappa shape index (κ3) is 2.23. The first-order chi connectivity index (χ1) is 7.08. The molecule has 80 valence electrons. The van der Waals surface area contributed by atoms with Gasteiger partial charge in [-0.25, -0.2) is 4.39 Å². The van der Waals surface area contributed by atoms with E-state index in [0.29, 0.717) is 5.56 Å². The fourth-order valence-corrected chi connectivity index (χ4v) is 1.68. The second-order valence-corrected chi connectivity index (χ2v) is 4.16. The van der Waals surface area contributed by atoms with E-state index in [-0.39, 0.29) is 17.3 Å². The zero-order chi connectivity index (χ0) is 11.0. The maximum Gasteiger partial charge on any atom is 0.191 e. The summed E-state index contributed by atoms with van der Waals surface area (Å²) in [6.07, 6.45) is 0.828. The molecule has 1 fully saturated rings. The van der Waals surface area contributed by atoms with Gasteiger partial charge in [-0.3, -0.25) is 4.79 Å². The topological polar surface area (TPSA) is 37.3 Å². The number of aliphatic hydroxyl groups excluding tert-OH is 1. The molecule has 1 N–H and O–H groups in total. The Labute approximate surface area is 87.7 Å². The third-order valence-electron chi connectivity index (χ3n) is 2.66. The lowest BCUT2D eigenvalue weighted by Crippen LogP contribution is -2.22. The van der Waals surface area contributed by atoms with Gasteiger partial charge in [-0.2, -0.15) is 0 Å². The summed E-state index contributed by atoms with van der Waals surface area (Å²) in [7, 11) is 0. The van der Waals surface area contributed by atoms with Crippen LogP contribution in [0.25, 0.3) is 0 Å². The fourth-order valence-electron chi connectivity index (χ4n) is 1.68. The minimum Gasteiger partial charge on any atom is -0.385 e. The molecule has 3 heteroatoms. The number of ketones is 1. The average Bonchev–Trinajstić information content (AvgIpc) is 2.97. The van der Waals surface area contributed by atoms with E-state index in [4.69, 9.17) is 0 Å². The molecule has 0 amide bonds. The van der Waals surface area contributed by atoms with E-state index >= 15 is 0 Å². The van der Waals surface area contributed by atoms with E-state index in [1.54, 1.807) is 13.0 Å². The number of aliphatic hydroxyl groups is 1. The van der Waals surface area contributed by atoms with Gasteiger partial charge in [0.15, 0.2) is 5.78 Å². The second-order valence-electron chi connectivity index (χ2n) is 4.16. The molecule has 1 atom stereocenters. The lowest BCUT2D eigenvalue weighted by atomic mass is 10.0. The Morgan fingerprint density at radius 2 is 2.13 bits per heavy atom. The summed E-state index contributed by atoms with van der Waals surface area (Å²) < 4.78 is 13.0. The monoisotopic (exact) mass is 208 g/mol. The molecule has 1 unspecified atom stereocenters. The van der Waals surface area contributed by atoms with Gasteiger partial charge in [0.25, 0.3) is 0 Å². The number of aryl methyl sites for hydroxylation is 1. The molecule has 0 aliphatic heterocycles. The molecule has 1 aromatic carbocycles. The van der Waals surface area contributed by atoms with Gasteiger partial charge in [0, 0.05) is 5.56 Å². The molecule has 1 aliphatic carbocycles. The van der Waals surface area contributed by atoms with Crippen molar-refractivity contribution >= 4 is 5.78 Å². The fraction of sp³-hybridized carbons (Fsp3) is 0.417. The summed E-state index contributed by atoms with van der Waals surface area (Å²) in [6.45, 7) is 1.73. The second kappa shape index (κ2) is 3.74. The molecule has 1 saturated carbocycles. The zero-order valence-electron chi connectivity index (χ0n) is 8.53. The van der Waals surface area contributed by atoms with Crippen LogP contribution in [0.15, 0.2) is 18.2 Å². The highest BCUT2D eigenvalue weighted by Crippen LogP contribution is 2.34. The summed E-state index contributed by atoms with van der Waals surface area (Å²) >= 11 is 0. The summed E-state index contributed by atoms with van der Waals surface area (Å²) in [5.41, 5.74) is 0.966. The van der Waals surface area contributed by atoms with E-state index < -0.39 is 11.9 Å². The van der Waals surface area contributed by atoms with Gasteiger partial charge < -0.3 is 5.11 Å². The van der Waals surface area contributed by atoms with E-state index in [2.05, 4.69) is 0 Å². The van der Waals surface area contributed by atoms with Crippen molar-refractivity contribution in [1.82, 2.24) is 0 Å². The Bertz CT molecular complexity index is 376. The molecule has 1 aromatic rings. The SMILES string of the molecule is Cc1cc(F)cc(C(=O)C(O)C2CC2)c1. The standard InChI is InChI=1S/C12H13FO2/c1-7-4-9(6-10(13)5-7)12(15)11(14)8-2-3-8/h4-6,8,11,14H,2-3H2,1H3. The molecular weight excluding hydrogens is 195 g/mol. The Hall–Kier alpha value is -1.22. The quantitative estimate of drug-likeness (QED) is 0.772.